The van der Waals surface area contributed by atoms with E-state index in [9.17, 15) is 0 Å². The second-order valence-electron chi connectivity index (χ2n) is 5.82. The Hall–Kier alpha value is -0.0800. The summed E-state index contributed by atoms with van der Waals surface area (Å²) in [6, 6.07) is 0.891. The number of hydrogen-bond acceptors (Lipinski definition) is 2. The highest BCUT2D eigenvalue weighted by Crippen LogP contribution is 2.28. The molecule has 1 N–H and O–H groups in total. The molecule has 0 aromatic carbocycles. The van der Waals surface area contributed by atoms with Gasteiger partial charge in [0.05, 0.1) is 0 Å². The van der Waals surface area contributed by atoms with Crippen molar-refractivity contribution in [2.24, 2.45) is 11.8 Å². The van der Waals surface area contributed by atoms with E-state index in [-0.39, 0.29) is 0 Å². The van der Waals surface area contributed by atoms with E-state index in [2.05, 4.69) is 24.1 Å². The van der Waals surface area contributed by atoms with E-state index in [1.165, 1.54) is 58.3 Å². The van der Waals surface area contributed by atoms with Gasteiger partial charge in [0.1, 0.15) is 0 Å². The van der Waals surface area contributed by atoms with Crippen LogP contribution in [0.1, 0.15) is 46.0 Å². The highest BCUT2D eigenvalue weighted by Gasteiger charge is 2.32. The van der Waals surface area contributed by atoms with Gasteiger partial charge in [-0.3, -0.25) is 4.90 Å². The van der Waals surface area contributed by atoms with Gasteiger partial charge in [0.15, 0.2) is 0 Å². The number of hydrogen-bond donors (Lipinski definition) is 1. The molecule has 2 nitrogen and oxygen atoms in total. The maximum absolute atomic E-state index is 3.57. The molecule has 0 aliphatic carbocycles. The molecular formula is C14H28N2. The van der Waals surface area contributed by atoms with Crippen molar-refractivity contribution in [2.45, 2.75) is 52.0 Å². The topological polar surface area (TPSA) is 15.3 Å². The molecule has 0 aromatic rings. The van der Waals surface area contributed by atoms with Crippen molar-refractivity contribution in [3.63, 3.8) is 0 Å². The number of likely N-dealkylation sites (tertiary alicyclic amines) is 1. The molecule has 0 amide bonds. The Labute approximate surface area is 101 Å². The molecule has 3 unspecified atom stereocenters. The fourth-order valence-corrected chi connectivity index (χ4v) is 3.35. The number of nitrogens with one attached hydrogen (secondary N) is 1. The third kappa shape index (κ3) is 2.98. The normalized spacial score (nSPS) is 34.1. The van der Waals surface area contributed by atoms with E-state index in [0.717, 1.165) is 17.9 Å². The maximum atomic E-state index is 3.57. The van der Waals surface area contributed by atoms with Crippen molar-refractivity contribution in [1.82, 2.24) is 10.2 Å². The zero-order valence-electron chi connectivity index (χ0n) is 11.0. The predicted molar refractivity (Wildman–Crippen MR) is 69.6 cm³/mol. The zero-order valence-corrected chi connectivity index (χ0v) is 11.0. The van der Waals surface area contributed by atoms with Gasteiger partial charge in [-0.25, -0.2) is 0 Å². The van der Waals surface area contributed by atoms with Gasteiger partial charge >= 0.3 is 0 Å². The van der Waals surface area contributed by atoms with Crippen molar-refractivity contribution in [2.75, 3.05) is 26.2 Å². The van der Waals surface area contributed by atoms with Gasteiger partial charge in [-0.2, -0.15) is 0 Å². The molecule has 2 heteroatoms. The number of nitrogens with zero attached hydrogens (tertiary/aromatic N) is 1. The summed E-state index contributed by atoms with van der Waals surface area (Å²) in [6.07, 6.45) is 7.04. The summed E-state index contributed by atoms with van der Waals surface area (Å²) in [7, 11) is 0. The van der Waals surface area contributed by atoms with Gasteiger partial charge in [-0.1, -0.05) is 20.3 Å². The second kappa shape index (κ2) is 6.02. The first-order valence-corrected chi connectivity index (χ1v) is 7.26. The molecular weight excluding hydrogens is 196 g/mol. The van der Waals surface area contributed by atoms with E-state index >= 15 is 0 Å². The summed E-state index contributed by atoms with van der Waals surface area (Å²) in [6.45, 7) is 9.91. The van der Waals surface area contributed by atoms with Crippen LogP contribution in [0.25, 0.3) is 0 Å². The van der Waals surface area contributed by atoms with Crippen molar-refractivity contribution in [3.05, 3.63) is 0 Å². The lowest BCUT2D eigenvalue weighted by Crippen LogP contribution is -2.44. The molecule has 94 valence electrons. The lowest BCUT2D eigenvalue weighted by atomic mass is 9.90. The van der Waals surface area contributed by atoms with Gasteiger partial charge in [0, 0.05) is 12.6 Å². The molecule has 16 heavy (non-hydrogen) atoms. The minimum absolute atomic E-state index is 0.872. The minimum Gasteiger partial charge on any atom is -0.316 e. The Balaban J connectivity index is 1.86. The van der Waals surface area contributed by atoms with Gasteiger partial charge in [0.25, 0.3) is 0 Å². The van der Waals surface area contributed by atoms with Crippen LogP contribution in [0.4, 0.5) is 0 Å². The molecule has 3 atom stereocenters. The monoisotopic (exact) mass is 224 g/mol. The van der Waals surface area contributed by atoms with Gasteiger partial charge in [0.2, 0.25) is 0 Å². The zero-order chi connectivity index (χ0) is 11.4. The van der Waals surface area contributed by atoms with Crippen molar-refractivity contribution in [1.29, 1.82) is 0 Å². The Morgan fingerprint density at radius 1 is 1.31 bits per heavy atom. The van der Waals surface area contributed by atoms with E-state index in [0.29, 0.717) is 0 Å². The highest BCUT2D eigenvalue weighted by atomic mass is 15.2. The minimum atomic E-state index is 0.872. The van der Waals surface area contributed by atoms with Crippen molar-refractivity contribution >= 4 is 0 Å². The second-order valence-corrected chi connectivity index (χ2v) is 5.82. The van der Waals surface area contributed by atoms with Gasteiger partial charge < -0.3 is 5.32 Å². The molecule has 2 fully saturated rings. The fraction of sp³-hybridized carbons (Fsp3) is 1.00. The first-order valence-electron chi connectivity index (χ1n) is 7.26. The number of piperidine rings is 1. The average molecular weight is 224 g/mol. The van der Waals surface area contributed by atoms with E-state index in [1.54, 1.807) is 0 Å². The lowest BCUT2D eigenvalue weighted by Gasteiger charge is -2.35. The van der Waals surface area contributed by atoms with Crippen LogP contribution in [0.2, 0.25) is 0 Å². The van der Waals surface area contributed by atoms with Crippen molar-refractivity contribution < 1.29 is 0 Å². The number of rotatable bonds is 4. The third-order valence-corrected chi connectivity index (χ3v) is 4.54. The maximum Gasteiger partial charge on any atom is 0.0136 e. The van der Waals surface area contributed by atoms with E-state index < -0.39 is 0 Å². The van der Waals surface area contributed by atoms with Crippen LogP contribution in [0.3, 0.4) is 0 Å². The highest BCUT2D eigenvalue weighted by molar-refractivity contribution is 4.88. The first-order chi connectivity index (χ1) is 7.81. The summed E-state index contributed by atoms with van der Waals surface area (Å²) in [5.74, 6) is 1.80. The molecule has 0 radical (unpaired) electrons. The Bertz CT molecular complexity index is 199. The van der Waals surface area contributed by atoms with Crippen LogP contribution in [0, 0.1) is 11.8 Å². The predicted octanol–water partition coefficient (Wildman–Crippen LogP) is 2.50. The fourth-order valence-electron chi connectivity index (χ4n) is 3.35. The van der Waals surface area contributed by atoms with Crippen LogP contribution in [0.15, 0.2) is 0 Å². The van der Waals surface area contributed by atoms with Crippen molar-refractivity contribution in [3.8, 4) is 0 Å². The largest absolute Gasteiger partial charge is 0.316 e. The standard InChI is InChI=1S/C14H28N2/c1-3-12(2)11-16-9-5-7-14(16)13-6-4-8-15-10-13/h12-15H,3-11H2,1-2H3. The van der Waals surface area contributed by atoms with Crippen LogP contribution >= 0.6 is 0 Å². The summed E-state index contributed by atoms with van der Waals surface area (Å²) in [5.41, 5.74) is 0. The molecule has 2 saturated heterocycles. The molecule has 0 aromatic heterocycles. The summed E-state index contributed by atoms with van der Waals surface area (Å²) >= 11 is 0. The average Bonchev–Trinajstić information content (AvgIpc) is 2.78. The van der Waals surface area contributed by atoms with Gasteiger partial charge in [-0.15, -0.1) is 0 Å². The molecule has 2 heterocycles. The first kappa shape index (κ1) is 12.4. The quantitative estimate of drug-likeness (QED) is 0.789. The molecule has 0 spiro atoms. The molecule has 2 rings (SSSR count). The van der Waals surface area contributed by atoms with E-state index in [1.807, 2.05) is 0 Å². The SMILES string of the molecule is CCC(C)CN1CCCC1C1CCCNC1. The Kier molecular flexibility index (Phi) is 4.66. The summed E-state index contributed by atoms with van der Waals surface area (Å²) in [4.78, 5) is 2.78. The Morgan fingerprint density at radius 3 is 2.88 bits per heavy atom. The smallest absolute Gasteiger partial charge is 0.0136 e. The summed E-state index contributed by atoms with van der Waals surface area (Å²) in [5, 5.41) is 3.57. The third-order valence-electron chi connectivity index (χ3n) is 4.54. The molecule has 0 saturated carbocycles. The summed E-state index contributed by atoms with van der Waals surface area (Å²) < 4.78 is 0. The molecule has 0 bridgehead atoms. The van der Waals surface area contributed by atoms with Crippen LogP contribution in [0.5, 0.6) is 0 Å². The molecule has 2 aliphatic rings. The lowest BCUT2D eigenvalue weighted by molar-refractivity contribution is 0.147. The van der Waals surface area contributed by atoms with E-state index in [4.69, 9.17) is 0 Å². The Morgan fingerprint density at radius 2 is 2.19 bits per heavy atom. The van der Waals surface area contributed by atoms with Crippen LogP contribution in [-0.4, -0.2) is 37.1 Å². The van der Waals surface area contributed by atoms with Crippen LogP contribution < -0.4 is 5.32 Å². The van der Waals surface area contributed by atoms with Crippen LogP contribution in [-0.2, 0) is 0 Å². The molecule has 2 aliphatic heterocycles. The van der Waals surface area contributed by atoms with Gasteiger partial charge in [-0.05, 0) is 57.2 Å².